The van der Waals surface area contributed by atoms with Gasteiger partial charge in [0.05, 0.1) is 18.0 Å². The first-order valence-electron chi connectivity index (χ1n) is 6.61. The van der Waals surface area contributed by atoms with Crippen LogP contribution in [-0.4, -0.2) is 37.8 Å². The summed E-state index contributed by atoms with van der Waals surface area (Å²) >= 11 is 0. The second-order valence-electron chi connectivity index (χ2n) is 4.42. The molecule has 0 aliphatic carbocycles. The van der Waals surface area contributed by atoms with Gasteiger partial charge in [0.1, 0.15) is 0 Å². The van der Waals surface area contributed by atoms with Gasteiger partial charge in [-0.1, -0.05) is 13.3 Å². The fourth-order valence-electron chi connectivity index (χ4n) is 1.93. The monoisotopic (exact) mass is 265 g/mol. The van der Waals surface area contributed by atoms with Crippen LogP contribution in [0.25, 0.3) is 0 Å². The van der Waals surface area contributed by atoms with E-state index in [1.165, 1.54) is 0 Å². The SMILES string of the molecule is CCCCN(CCO)c1cc(C(=O)NC)ccc1N. The van der Waals surface area contributed by atoms with Gasteiger partial charge in [-0.25, -0.2) is 0 Å². The van der Waals surface area contributed by atoms with Crippen LogP contribution in [0.1, 0.15) is 30.1 Å². The second kappa shape index (κ2) is 7.63. The second-order valence-corrected chi connectivity index (χ2v) is 4.42. The topological polar surface area (TPSA) is 78.6 Å². The van der Waals surface area contributed by atoms with Crippen LogP contribution in [0, 0.1) is 0 Å². The lowest BCUT2D eigenvalue weighted by Gasteiger charge is -2.25. The van der Waals surface area contributed by atoms with E-state index in [2.05, 4.69) is 12.2 Å². The molecule has 106 valence electrons. The molecule has 1 rings (SSSR count). The minimum absolute atomic E-state index is 0.0629. The smallest absolute Gasteiger partial charge is 0.251 e. The molecule has 0 radical (unpaired) electrons. The summed E-state index contributed by atoms with van der Waals surface area (Å²) in [7, 11) is 1.60. The Morgan fingerprint density at radius 3 is 2.74 bits per heavy atom. The van der Waals surface area contributed by atoms with E-state index in [1.807, 2.05) is 4.90 Å². The maximum absolute atomic E-state index is 11.7. The first-order valence-corrected chi connectivity index (χ1v) is 6.61. The first kappa shape index (κ1) is 15.3. The third-order valence-corrected chi connectivity index (χ3v) is 3.01. The third kappa shape index (κ3) is 4.13. The number of amides is 1. The fourth-order valence-corrected chi connectivity index (χ4v) is 1.93. The molecule has 5 heteroatoms. The Balaban J connectivity index is 3.02. The Morgan fingerprint density at radius 1 is 1.42 bits per heavy atom. The van der Waals surface area contributed by atoms with Crippen LogP contribution >= 0.6 is 0 Å². The third-order valence-electron chi connectivity index (χ3n) is 3.01. The molecular formula is C14H23N3O2. The van der Waals surface area contributed by atoms with Crippen molar-refractivity contribution in [2.75, 3.05) is 37.4 Å². The minimum atomic E-state index is -0.138. The van der Waals surface area contributed by atoms with E-state index < -0.39 is 0 Å². The number of nitrogens with zero attached hydrogens (tertiary/aromatic N) is 1. The number of carbonyl (C=O) groups excluding carboxylic acids is 1. The number of rotatable bonds is 7. The Morgan fingerprint density at radius 2 is 2.16 bits per heavy atom. The number of anilines is 2. The Hall–Kier alpha value is -1.75. The molecule has 0 bridgehead atoms. The van der Waals surface area contributed by atoms with Crippen LogP contribution in [0.5, 0.6) is 0 Å². The molecule has 0 spiro atoms. The highest BCUT2D eigenvalue weighted by Gasteiger charge is 2.12. The molecule has 1 aromatic carbocycles. The number of aliphatic hydroxyl groups excluding tert-OH is 1. The maximum Gasteiger partial charge on any atom is 0.251 e. The van der Waals surface area contributed by atoms with Crippen molar-refractivity contribution >= 4 is 17.3 Å². The van der Waals surface area contributed by atoms with Crippen LogP contribution in [0.4, 0.5) is 11.4 Å². The van der Waals surface area contributed by atoms with E-state index in [4.69, 9.17) is 10.8 Å². The minimum Gasteiger partial charge on any atom is -0.397 e. The number of hydrogen-bond donors (Lipinski definition) is 3. The summed E-state index contributed by atoms with van der Waals surface area (Å²) in [5.41, 5.74) is 7.99. The predicted octanol–water partition coefficient (Wildman–Crippen LogP) is 1.23. The molecule has 1 amide bonds. The van der Waals surface area contributed by atoms with Gasteiger partial charge in [-0.2, -0.15) is 0 Å². The van der Waals surface area contributed by atoms with E-state index in [0.29, 0.717) is 17.8 Å². The zero-order valence-electron chi connectivity index (χ0n) is 11.6. The highest BCUT2D eigenvalue weighted by molar-refractivity contribution is 5.96. The zero-order valence-corrected chi connectivity index (χ0v) is 11.6. The van der Waals surface area contributed by atoms with E-state index in [-0.39, 0.29) is 12.5 Å². The summed E-state index contributed by atoms with van der Waals surface area (Å²) < 4.78 is 0. The standard InChI is InChI=1S/C14H23N3O2/c1-3-4-7-17(8-9-18)13-10-11(14(19)16-2)5-6-12(13)15/h5-6,10,18H,3-4,7-9,15H2,1-2H3,(H,16,19). The molecule has 1 aromatic rings. The molecule has 0 saturated heterocycles. The van der Waals surface area contributed by atoms with Gasteiger partial charge in [0, 0.05) is 25.7 Å². The van der Waals surface area contributed by atoms with Crippen molar-refractivity contribution in [3.8, 4) is 0 Å². The molecule has 0 saturated carbocycles. The number of nitrogens with one attached hydrogen (secondary N) is 1. The highest BCUT2D eigenvalue weighted by Crippen LogP contribution is 2.25. The van der Waals surface area contributed by atoms with Crippen molar-refractivity contribution in [1.29, 1.82) is 0 Å². The normalized spacial score (nSPS) is 10.3. The van der Waals surface area contributed by atoms with E-state index in [0.717, 1.165) is 25.1 Å². The molecule has 19 heavy (non-hydrogen) atoms. The van der Waals surface area contributed by atoms with Crippen molar-refractivity contribution in [3.05, 3.63) is 23.8 Å². The summed E-state index contributed by atoms with van der Waals surface area (Å²) in [5.74, 6) is -0.138. The number of benzene rings is 1. The molecular weight excluding hydrogens is 242 g/mol. The van der Waals surface area contributed by atoms with Gasteiger partial charge in [-0.05, 0) is 24.6 Å². The molecule has 0 aromatic heterocycles. The average molecular weight is 265 g/mol. The van der Waals surface area contributed by atoms with Crippen LogP contribution in [-0.2, 0) is 0 Å². The summed E-state index contributed by atoms with van der Waals surface area (Å²) in [6.45, 7) is 3.51. The quantitative estimate of drug-likeness (QED) is 0.648. The Labute approximate surface area is 114 Å². The molecule has 0 aliphatic rings. The Kier molecular flexibility index (Phi) is 6.15. The average Bonchev–Trinajstić information content (AvgIpc) is 2.43. The molecule has 5 nitrogen and oxygen atoms in total. The number of nitrogens with two attached hydrogens (primary N) is 1. The van der Waals surface area contributed by atoms with Crippen LogP contribution in [0.3, 0.4) is 0 Å². The summed E-state index contributed by atoms with van der Waals surface area (Å²) in [4.78, 5) is 13.7. The molecule has 0 heterocycles. The lowest BCUT2D eigenvalue weighted by atomic mass is 10.1. The number of unbranched alkanes of at least 4 members (excludes halogenated alkanes) is 1. The number of hydrogen-bond acceptors (Lipinski definition) is 4. The van der Waals surface area contributed by atoms with Crippen molar-refractivity contribution in [3.63, 3.8) is 0 Å². The van der Waals surface area contributed by atoms with Gasteiger partial charge < -0.3 is 21.1 Å². The van der Waals surface area contributed by atoms with E-state index in [1.54, 1.807) is 25.2 Å². The van der Waals surface area contributed by atoms with Crippen molar-refractivity contribution < 1.29 is 9.90 Å². The van der Waals surface area contributed by atoms with Gasteiger partial charge in [0.2, 0.25) is 0 Å². The van der Waals surface area contributed by atoms with Crippen LogP contribution < -0.4 is 16.0 Å². The largest absolute Gasteiger partial charge is 0.397 e. The van der Waals surface area contributed by atoms with Gasteiger partial charge in [-0.3, -0.25) is 4.79 Å². The summed E-state index contributed by atoms with van der Waals surface area (Å²) in [6, 6.07) is 5.21. The lowest BCUT2D eigenvalue weighted by Crippen LogP contribution is -2.29. The molecule has 0 aliphatic heterocycles. The van der Waals surface area contributed by atoms with Gasteiger partial charge in [0.25, 0.3) is 5.91 Å². The molecule has 4 N–H and O–H groups in total. The zero-order chi connectivity index (χ0) is 14.3. The van der Waals surface area contributed by atoms with E-state index >= 15 is 0 Å². The van der Waals surface area contributed by atoms with Crippen molar-refractivity contribution in [1.82, 2.24) is 5.32 Å². The molecule has 0 fully saturated rings. The Bertz CT molecular complexity index is 421. The lowest BCUT2D eigenvalue weighted by molar-refractivity contribution is 0.0963. The van der Waals surface area contributed by atoms with Gasteiger partial charge >= 0.3 is 0 Å². The number of nitrogen functional groups attached to an aromatic ring is 1. The van der Waals surface area contributed by atoms with Crippen molar-refractivity contribution in [2.45, 2.75) is 19.8 Å². The van der Waals surface area contributed by atoms with Gasteiger partial charge in [0.15, 0.2) is 0 Å². The summed E-state index contributed by atoms with van der Waals surface area (Å²) in [5, 5.41) is 11.7. The summed E-state index contributed by atoms with van der Waals surface area (Å²) in [6.07, 6.45) is 2.08. The first-order chi connectivity index (χ1) is 9.13. The van der Waals surface area contributed by atoms with Crippen LogP contribution in [0.2, 0.25) is 0 Å². The predicted molar refractivity (Wildman–Crippen MR) is 78.5 cm³/mol. The molecule has 0 atom stereocenters. The maximum atomic E-state index is 11.7. The van der Waals surface area contributed by atoms with Crippen molar-refractivity contribution in [2.24, 2.45) is 0 Å². The number of aliphatic hydroxyl groups is 1. The van der Waals surface area contributed by atoms with Crippen LogP contribution in [0.15, 0.2) is 18.2 Å². The molecule has 0 unspecified atom stereocenters. The van der Waals surface area contributed by atoms with Gasteiger partial charge in [-0.15, -0.1) is 0 Å². The fraction of sp³-hybridized carbons (Fsp3) is 0.500. The number of carbonyl (C=O) groups is 1. The van der Waals surface area contributed by atoms with E-state index in [9.17, 15) is 4.79 Å². The highest BCUT2D eigenvalue weighted by atomic mass is 16.3.